The topological polar surface area (TPSA) is 33.2 Å². The Labute approximate surface area is 147 Å². The fourth-order valence-corrected chi connectivity index (χ4v) is 2.88. The molecule has 0 fully saturated rings. The molecule has 0 saturated heterocycles. The van der Waals surface area contributed by atoms with E-state index in [9.17, 15) is 13.6 Å². The van der Waals surface area contributed by atoms with Gasteiger partial charge in [-0.05, 0) is 41.8 Å². The van der Waals surface area contributed by atoms with Gasteiger partial charge < -0.3 is 0 Å². The van der Waals surface area contributed by atoms with Crippen molar-refractivity contribution in [3.8, 4) is 0 Å². The number of hydrogen-bond donors (Lipinski definition) is 0. The van der Waals surface area contributed by atoms with E-state index in [1.165, 1.54) is 28.4 Å². The summed E-state index contributed by atoms with van der Waals surface area (Å²) in [6.07, 6.45) is 4.64. The zero-order valence-corrected chi connectivity index (χ0v) is 13.9. The molecule has 0 aliphatic carbocycles. The number of rotatable bonds is 5. The minimum Gasteiger partial charge on any atom is -0.300 e. The Morgan fingerprint density at radius 1 is 1.16 bits per heavy atom. The van der Waals surface area contributed by atoms with Crippen LogP contribution >= 0.6 is 11.3 Å². The molecule has 0 saturated carbocycles. The molecule has 2 aromatic heterocycles. The van der Waals surface area contributed by atoms with Gasteiger partial charge in [0.2, 0.25) is 0 Å². The van der Waals surface area contributed by atoms with Gasteiger partial charge in [0.05, 0.1) is 17.9 Å². The Kier molecular flexibility index (Phi) is 5.30. The Hall–Kier alpha value is -2.86. The van der Waals surface area contributed by atoms with Crippen molar-refractivity contribution in [3.63, 3.8) is 0 Å². The highest BCUT2D eigenvalue weighted by Crippen LogP contribution is 2.23. The third-order valence-electron chi connectivity index (χ3n) is 3.45. The fraction of sp³-hybridized carbons (Fsp3) is 0.0526. The van der Waals surface area contributed by atoms with Gasteiger partial charge in [0.15, 0.2) is 0 Å². The second kappa shape index (κ2) is 7.81. The van der Waals surface area contributed by atoms with Crippen LogP contribution in [0.25, 0.3) is 6.08 Å². The average molecular weight is 356 g/mol. The first-order valence-electron chi connectivity index (χ1n) is 7.51. The van der Waals surface area contributed by atoms with Crippen LogP contribution in [-0.2, 0) is 11.3 Å². The molecule has 0 atom stereocenters. The zero-order chi connectivity index (χ0) is 17.6. The van der Waals surface area contributed by atoms with Gasteiger partial charge in [-0.3, -0.25) is 14.7 Å². The summed E-state index contributed by atoms with van der Waals surface area (Å²) in [7, 11) is 0. The molecule has 25 heavy (non-hydrogen) atoms. The summed E-state index contributed by atoms with van der Waals surface area (Å²) in [6.45, 7) is 0.0804. The van der Waals surface area contributed by atoms with Gasteiger partial charge in [-0.25, -0.2) is 8.78 Å². The van der Waals surface area contributed by atoms with E-state index in [1.54, 1.807) is 30.5 Å². The van der Waals surface area contributed by atoms with Crippen LogP contribution in [-0.4, -0.2) is 10.9 Å². The molecule has 3 nitrogen and oxygen atoms in total. The van der Waals surface area contributed by atoms with E-state index in [0.717, 1.165) is 17.0 Å². The second-order valence-electron chi connectivity index (χ2n) is 5.19. The fourth-order valence-electron chi connectivity index (χ4n) is 2.27. The van der Waals surface area contributed by atoms with E-state index < -0.39 is 17.5 Å². The summed E-state index contributed by atoms with van der Waals surface area (Å²) in [6, 6.07) is 12.2. The number of amides is 1. The minimum absolute atomic E-state index is 0.00730. The predicted octanol–water partition coefficient (Wildman–Crippen LogP) is 4.67. The molecule has 3 aromatic rings. The summed E-state index contributed by atoms with van der Waals surface area (Å²) in [4.78, 5) is 19.0. The maximum Gasteiger partial charge on any atom is 0.251 e. The van der Waals surface area contributed by atoms with Crippen molar-refractivity contribution in [2.45, 2.75) is 6.54 Å². The van der Waals surface area contributed by atoms with Crippen LogP contribution < -0.4 is 4.90 Å². The summed E-state index contributed by atoms with van der Waals surface area (Å²) in [5, 5.41) is 1.90. The molecule has 0 N–H and O–H groups in total. The average Bonchev–Trinajstić information content (AvgIpc) is 3.13. The molecule has 3 rings (SSSR count). The molecule has 0 aliphatic rings. The van der Waals surface area contributed by atoms with E-state index in [1.807, 2.05) is 17.5 Å². The van der Waals surface area contributed by atoms with Crippen LogP contribution in [0.5, 0.6) is 0 Å². The molecule has 0 bridgehead atoms. The third kappa shape index (κ3) is 4.36. The lowest BCUT2D eigenvalue weighted by molar-refractivity contribution is -0.114. The number of benzene rings is 1. The van der Waals surface area contributed by atoms with E-state index in [2.05, 4.69) is 4.98 Å². The second-order valence-corrected chi connectivity index (χ2v) is 6.17. The normalized spacial score (nSPS) is 11.0. The summed E-state index contributed by atoms with van der Waals surface area (Å²) in [5.41, 5.74) is 0.608. The van der Waals surface area contributed by atoms with E-state index in [-0.39, 0.29) is 12.2 Å². The van der Waals surface area contributed by atoms with E-state index >= 15 is 0 Å². The highest BCUT2D eigenvalue weighted by molar-refractivity contribution is 7.10. The highest BCUT2D eigenvalue weighted by Gasteiger charge is 2.18. The number of anilines is 1. The van der Waals surface area contributed by atoms with Crippen molar-refractivity contribution < 1.29 is 13.6 Å². The third-order valence-corrected chi connectivity index (χ3v) is 4.28. The van der Waals surface area contributed by atoms with Gasteiger partial charge in [-0.1, -0.05) is 12.1 Å². The van der Waals surface area contributed by atoms with Gasteiger partial charge in [0, 0.05) is 23.2 Å². The zero-order valence-electron chi connectivity index (χ0n) is 13.1. The quantitative estimate of drug-likeness (QED) is 0.623. The smallest absolute Gasteiger partial charge is 0.251 e. The molecular weight excluding hydrogens is 342 g/mol. The largest absolute Gasteiger partial charge is 0.300 e. The molecule has 0 aliphatic heterocycles. The van der Waals surface area contributed by atoms with E-state index in [4.69, 9.17) is 0 Å². The lowest BCUT2D eigenvalue weighted by atomic mass is 10.2. The van der Waals surface area contributed by atoms with Crippen molar-refractivity contribution >= 4 is 29.0 Å². The predicted molar refractivity (Wildman–Crippen MR) is 95.1 cm³/mol. The van der Waals surface area contributed by atoms with Crippen LogP contribution in [0.3, 0.4) is 0 Å². The molecule has 0 unspecified atom stereocenters. The Morgan fingerprint density at radius 3 is 2.72 bits per heavy atom. The molecule has 126 valence electrons. The van der Waals surface area contributed by atoms with Gasteiger partial charge in [-0.2, -0.15) is 0 Å². The highest BCUT2D eigenvalue weighted by atomic mass is 32.1. The Bertz CT molecular complexity index is 880. The van der Waals surface area contributed by atoms with Crippen molar-refractivity contribution in [1.82, 2.24) is 4.98 Å². The molecule has 2 heterocycles. The van der Waals surface area contributed by atoms with Crippen molar-refractivity contribution in [1.29, 1.82) is 0 Å². The molecule has 0 radical (unpaired) electrons. The number of hydrogen-bond acceptors (Lipinski definition) is 3. The first kappa shape index (κ1) is 17.0. The molecule has 6 heteroatoms. The van der Waals surface area contributed by atoms with Gasteiger partial charge >= 0.3 is 0 Å². The molecule has 1 aromatic carbocycles. The first-order chi connectivity index (χ1) is 12.1. The summed E-state index contributed by atoms with van der Waals surface area (Å²) in [5.74, 6) is -1.90. The lowest BCUT2D eigenvalue weighted by Crippen LogP contribution is -2.30. The van der Waals surface area contributed by atoms with Gasteiger partial charge in [-0.15, -0.1) is 11.3 Å². The van der Waals surface area contributed by atoms with Crippen molar-refractivity contribution in [3.05, 3.63) is 88.4 Å². The first-order valence-corrected chi connectivity index (χ1v) is 8.39. The number of pyridine rings is 1. The van der Waals surface area contributed by atoms with E-state index in [0.29, 0.717) is 5.69 Å². The summed E-state index contributed by atoms with van der Waals surface area (Å²) >= 11 is 1.49. The van der Waals surface area contributed by atoms with Crippen LogP contribution in [0.2, 0.25) is 0 Å². The van der Waals surface area contributed by atoms with Crippen LogP contribution in [0.1, 0.15) is 10.6 Å². The number of halogens is 2. The number of aromatic nitrogens is 1. The number of thiophene rings is 1. The maximum atomic E-state index is 14.2. The van der Waals surface area contributed by atoms with Crippen LogP contribution in [0.15, 0.2) is 66.2 Å². The van der Waals surface area contributed by atoms with Crippen molar-refractivity contribution in [2.24, 2.45) is 0 Å². The number of carbonyl (C=O) groups is 1. The number of carbonyl (C=O) groups excluding carboxylic acids is 1. The molecular formula is C19H14F2N2OS. The monoisotopic (exact) mass is 356 g/mol. The number of nitrogens with zero attached hydrogens (tertiary/aromatic N) is 2. The maximum absolute atomic E-state index is 14.2. The lowest BCUT2D eigenvalue weighted by Gasteiger charge is -2.21. The van der Waals surface area contributed by atoms with Crippen LogP contribution in [0.4, 0.5) is 14.5 Å². The standard InChI is InChI=1S/C19H14F2N2OS/c20-14-6-8-18(17(21)12-14)23(13-15-4-1-2-10-22-15)19(24)9-7-16-5-3-11-25-16/h1-12H,13H2/b9-7+. The van der Waals surface area contributed by atoms with Crippen molar-refractivity contribution in [2.75, 3.05) is 4.90 Å². The van der Waals surface area contributed by atoms with Gasteiger partial charge in [0.25, 0.3) is 5.91 Å². The molecule has 0 spiro atoms. The Morgan fingerprint density at radius 2 is 2.04 bits per heavy atom. The van der Waals surface area contributed by atoms with Gasteiger partial charge in [0.1, 0.15) is 11.6 Å². The SMILES string of the molecule is O=C(/C=C/c1cccs1)N(Cc1ccccn1)c1ccc(F)cc1F. The molecule has 1 amide bonds. The summed E-state index contributed by atoms with van der Waals surface area (Å²) < 4.78 is 27.4. The van der Waals surface area contributed by atoms with Crippen LogP contribution in [0, 0.1) is 11.6 Å². The Balaban J connectivity index is 1.92. The minimum atomic E-state index is -0.797.